The number of carbonyl (C=O) groups is 1. The summed E-state index contributed by atoms with van der Waals surface area (Å²) in [5.41, 5.74) is 10.6. The molecule has 0 aliphatic heterocycles. The van der Waals surface area contributed by atoms with Crippen LogP contribution >= 0.6 is 0 Å². The van der Waals surface area contributed by atoms with Crippen LogP contribution in [0.5, 0.6) is 0 Å². The summed E-state index contributed by atoms with van der Waals surface area (Å²) in [4.78, 5) is 15.1. The molecule has 18 heavy (non-hydrogen) atoms. The van der Waals surface area contributed by atoms with Crippen LogP contribution in [0, 0.1) is 12.8 Å². The predicted octanol–water partition coefficient (Wildman–Crippen LogP) is 4.70. The van der Waals surface area contributed by atoms with E-state index in [2.05, 4.69) is 10.0 Å². The van der Waals surface area contributed by atoms with Crippen molar-refractivity contribution in [1.29, 1.82) is 0 Å². The molecule has 1 aliphatic carbocycles. The van der Waals surface area contributed by atoms with Crippen molar-refractivity contribution >= 4 is 11.5 Å². The summed E-state index contributed by atoms with van der Waals surface area (Å²) < 4.78 is 0. The number of carbonyl (C=O) groups excluding carboxylic acids is 1. The highest BCUT2D eigenvalue weighted by Gasteiger charge is 2.23. The van der Waals surface area contributed by atoms with Crippen molar-refractivity contribution in [2.75, 3.05) is 0 Å². The number of benzene rings is 1. The normalized spacial score (nSPS) is 16.1. The third-order valence-corrected chi connectivity index (χ3v) is 3.61. The highest BCUT2D eigenvalue weighted by atomic mass is 16.1. The standard InChI is InChI=1S/C14H17N3O/c1-10-9-12(16-17-15)7-8-13(10)14(18)11-5-3-2-4-6-11/h7-9,11H,2-6H2,1H3. The topological polar surface area (TPSA) is 65.8 Å². The van der Waals surface area contributed by atoms with Crippen LogP contribution in [-0.2, 0) is 0 Å². The van der Waals surface area contributed by atoms with Gasteiger partial charge in [-0.1, -0.05) is 36.5 Å². The SMILES string of the molecule is Cc1cc(N=[N+]=[N-])ccc1C(=O)C1CCCCC1. The molecule has 4 nitrogen and oxygen atoms in total. The van der Waals surface area contributed by atoms with Gasteiger partial charge in [-0.05, 0) is 36.9 Å². The number of nitrogens with zero attached hydrogens (tertiary/aromatic N) is 3. The van der Waals surface area contributed by atoms with E-state index in [9.17, 15) is 4.79 Å². The van der Waals surface area contributed by atoms with Gasteiger partial charge in [-0.15, -0.1) is 0 Å². The molecule has 0 radical (unpaired) electrons. The van der Waals surface area contributed by atoms with E-state index in [4.69, 9.17) is 5.53 Å². The molecule has 1 fully saturated rings. The van der Waals surface area contributed by atoms with E-state index in [-0.39, 0.29) is 11.7 Å². The first-order chi connectivity index (χ1) is 8.72. The minimum atomic E-state index is 0.183. The molecule has 4 heteroatoms. The van der Waals surface area contributed by atoms with Crippen LogP contribution in [0.25, 0.3) is 10.4 Å². The molecular formula is C14H17N3O. The van der Waals surface area contributed by atoms with Crippen molar-refractivity contribution in [2.45, 2.75) is 39.0 Å². The zero-order valence-corrected chi connectivity index (χ0v) is 10.6. The number of azide groups is 1. The highest BCUT2D eigenvalue weighted by Crippen LogP contribution is 2.29. The summed E-state index contributed by atoms with van der Waals surface area (Å²) in [6.45, 7) is 1.90. The quantitative estimate of drug-likeness (QED) is 0.328. The minimum Gasteiger partial charge on any atom is -0.294 e. The maximum atomic E-state index is 12.4. The van der Waals surface area contributed by atoms with Crippen LogP contribution in [-0.4, -0.2) is 5.78 Å². The lowest BCUT2D eigenvalue weighted by Crippen LogP contribution is -2.18. The maximum Gasteiger partial charge on any atom is 0.166 e. The molecule has 0 saturated heterocycles. The Labute approximate surface area is 107 Å². The molecule has 0 bridgehead atoms. The van der Waals surface area contributed by atoms with Gasteiger partial charge in [0, 0.05) is 22.1 Å². The van der Waals surface area contributed by atoms with Crippen molar-refractivity contribution in [1.82, 2.24) is 0 Å². The van der Waals surface area contributed by atoms with Crippen LogP contribution in [0.15, 0.2) is 23.3 Å². The van der Waals surface area contributed by atoms with Gasteiger partial charge in [0.25, 0.3) is 0 Å². The number of Topliss-reactive ketones (excluding diaryl/α,β-unsaturated/α-hetero) is 1. The minimum absolute atomic E-state index is 0.183. The fraction of sp³-hybridized carbons (Fsp3) is 0.500. The van der Waals surface area contributed by atoms with Crippen molar-refractivity contribution in [3.63, 3.8) is 0 Å². The van der Waals surface area contributed by atoms with Gasteiger partial charge in [0.2, 0.25) is 0 Å². The first kappa shape index (κ1) is 12.7. The third kappa shape index (κ3) is 2.71. The highest BCUT2D eigenvalue weighted by molar-refractivity contribution is 5.99. The Bertz CT molecular complexity index is 498. The smallest absolute Gasteiger partial charge is 0.166 e. The Morgan fingerprint density at radius 2 is 2.06 bits per heavy atom. The number of ketones is 1. The molecule has 0 unspecified atom stereocenters. The van der Waals surface area contributed by atoms with Gasteiger partial charge < -0.3 is 0 Å². The van der Waals surface area contributed by atoms with Crippen LogP contribution in [0.4, 0.5) is 5.69 Å². The zero-order valence-electron chi connectivity index (χ0n) is 10.6. The summed E-state index contributed by atoms with van der Waals surface area (Å²) in [6.07, 6.45) is 5.59. The second kappa shape index (κ2) is 5.69. The average Bonchev–Trinajstić information content (AvgIpc) is 2.40. The van der Waals surface area contributed by atoms with Crippen LogP contribution < -0.4 is 0 Å². The molecule has 1 saturated carbocycles. The van der Waals surface area contributed by atoms with Gasteiger partial charge in [0.05, 0.1) is 0 Å². The zero-order chi connectivity index (χ0) is 13.0. The van der Waals surface area contributed by atoms with E-state index in [1.165, 1.54) is 6.42 Å². The largest absolute Gasteiger partial charge is 0.294 e. The van der Waals surface area contributed by atoms with E-state index in [0.29, 0.717) is 5.69 Å². The monoisotopic (exact) mass is 243 g/mol. The molecule has 0 heterocycles. The second-order valence-electron chi connectivity index (χ2n) is 4.89. The fourth-order valence-corrected chi connectivity index (χ4v) is 2.62. The molecule has 0 aromatic heterocycles. The second-order valence-corrected chi connectivity index (χ2v) is 4.89. The molecular weight excluding hydrogens is 226 g/mol. The Morgan fingerprint density at radius 3 is 2.67 bits per heavy atom. The molecule has 94 valence electrons. The lowest BCUT2D eigenvalue weighted by Gasteiger charge is -2.21. The summed E-state index contributed by atoms with van der Waals surface area (Å²) in [5, 5.41) is 3.55. The molecule has 0 N–H and O–H groups in total. The Hall–Kier alpha value is -1.80. The van der Waals surface area contributed by atoms with Gasteiger partial charge in [-0.3, -0.25) is 4.79 Å². The van der Waals surface area contributed by atoms with E-state index < -0.39 is 0 Å². The molecule has 1 aliphatic rings. The lowest BCUT2D eigenvalue weighted by molar-refractivity contribution is 0.0889. The molecule has 0 atom stereocenters. The summed E-state index contributed by atoms with van der Waals surface area (Å²) >= 11 is 0. The predicted molar refractivity (Wildman–Crippen MR) is 70.9 cm³/mol. The lowest BCUT2D eigenvalue weighted by atomic mass is 9.83. The van der Waals surface area contributed by atoms with Gasteiger partial charge in [0.15, 0.2) is 5.78 Å². The first-order valence-electron chi connectivity index (χ1n) is 6.42. The number of hydrogen-bond donors (Lipinski definition) is 0. The van der Waals surface area contributed by atoms with Gasteiger partial charge in [-0.2, -0.15) is 0 Å². The van der Waals surface area contributed by atoms with Crippen molar-refractivity contribution in [3.05, 3.63) is 39.8 Å². The number of aryl methyl sites for hydroxylation is 1. The maximum absolute atomic E-state index is 12.4. The van der Waals surface area contributed by atoms with E-state index in [0.717, 1.165) is 36.8 Å². The van der Waals surface area contributed by atoms with E-state index in [1.54, 1.807) is 18.2 Å². The summed E-state index contributed by atoms with van der Waals surface area (Å²) in [5.74, 6) is 0.433. The Balaban J connectivity index is 2.22. The Morgan fingerprint density at radius 1 is 1.33 bits per heavy atom. The number of hydrogen-bond acceptors (Lipinski definition) is 2. The van der Waals surface area contributed by atoms with E-state index >= 15 is 0 Å². The first-order valence-corrected chi connectivity index (χ1v) is 6.42. The molecule has 0 spiro atoms. The van der Waals surface area contributed by atoms with Gasteiger partial charge in [0.1, 0.15) is 0 Å². The summed E-state index contributed by atoms with van der Waals surface area (Å²) in [6, 6.07) is 5.27. The molecule has 0 amide bonds. The van der Waals surface area contributed by atoms with Crippen LogP contribution in [0.1, 0.15) is 48.0 Å². The fourth-order valence-electron chi connectivity index (χ4n) is 2.62. The molecule has 2 rings (SSSR count). The van der Waals surface area contributed by atoms with Crippen molar-refractivity contribution in [3.8, 4) is 0 Å². The van der Waals surface area contributed by atoms with Gasteiger partial charge in [-0.25, -0.2) is 0 Å². The van der Waals surface area contributed by atoms with Crippen LogP contribution in [0.2, 0.25) is 0 Å². The van der Waals surface area contributed by atoms with Crippen molar-refractivity contribution in [2.24, 2.45) is 11.0 Å². The third-order valence-electron chi connectivity index (χ3n) is 3.61. The van der Waals surface area contributed by atoms with Crippen molar-refractivity contribution < 1.29 is 4.79 Å². The summed E-state index contributed by atoms with van der Waals surface area (Å²) in [7, 11) is 0. The molecule has 1 aromatic rings. The average molecular weight is 243 g/mol. The van der Waals surface area contributed by atoms with Crippen LogP contribution in [0.3, 0.4) is 0 Å². The molecule has 1 aromatic carbocycles. The van der Waals surface area contributed by atoms with Gasteiger partial charge >= 0.3 is 0 Å². The Kier molecular flexibility index (Phi) is 4.00. The number of rotatable bonds is 3. The van der Waals surface area contributed by atoms with E-state index in [1.807, 2.05) is 6.92 Å².